The molecule has 1 aliphatic rings. The van der Waals surface area contributed by atoms with Crippen LogP contribution in [0, 0.1) is 0 Å². The predicted octanol–water partition coefficient (Wildman–Crippen LogP) is 4.00. The van der Waals surface area contributed by atoms with Crippen LogP contribution in [0.25, 0.3) is 22.3 Å². The molecule has 0 amide bonds. The lowest BCUT2D eigenvalue weighted by Crippen LogP contribution is -2.20. The first kappa shape index (κ1) is 17.7. The maximum Gasteiger partial charge on any atom is 0.200 e. The molecule has 0 spiro atoms. The minimum absolute atomic E-state index is 0.0253. The molecule has 1 aromatic carbocycles. The number of hydrogen-bond donors (Lipinski definition) is 1. The fraction of sp³-hybridized carbons (Fsp3) is 0.250. The summed E-state index contributed by atoms with van der Waals surface area (Å²) in [6.45, 7) is 2.83. The van der Waals surface area contributed by atoms with Crippen molar-refractivity contribution in [1.29, 1.82) is 0 Å². The van der Waals surface area contributed by atoms with Gasteiger partial charge in [0.15, 0.2) is 5.43 Å². The van der Waals surface area contributed by atoms with Crippen molar-refractivity contribution in [2.24, 2.45) is 7.05 Å². The molecule has 0 atom stereocenters. The Morgan fingerprint density at radius 1 is 1.14 bits per heavy atom. The van der Waals surface area contributed by atoms with E-state index < -0.39 is 0 Å². The Bertz CT molecular complexity index is 1240. The maximum absolute atomic E-state index is 13.3. The third-order valence-electron chi connectivity index (χ3n) is 5.90. The lowest BCUT2D eigenvalue weighted by molar-refractivity contribution is 0.769. The highest BCUT2D eigenvalue weighted by Crippen LogP contribution is 2.26. The Morgan fingerprint density at radius 2 is 1.90 bits per heavy atom. The van der Waals surface area contributed by atoms with E-state index in [0.29, 0.717) is 17.0 Å². The van der Waals surface area contributed by atoms with Crippen molar-refractivity contribution in [2.75, 3.05) is 5.32 Å². The van der Waals surface area contributed by atoms with Gasteiger partial charge in [-0.25, -0.2) is 4.98 Å². The first-order valence-electron chi connectivity index (χ1n) is 10.1. The van der Waals surface area contributed by atoms with Crippen LogP contribution < -0.4 is 10.7 Å². The highest BCUT2D eigenvalue weighted by atomic mass is 16.1. The summed E-state index contributed by atoms with van der Waals surface area (Å²) in [5.74, 6) is 0. The number of fused-ring (bicyclic) bond motifs is 2. The summed E-state index contributed by atoms with van der Waals surface area (Å²) in [6.07, 6.45) is 7.73. The fourth-order valence-corrected chi connectivity index (χ4v) is 4.41. The van der Waals surface area contributed by atoms with E-state index in [1.165, 1.54) is 11.1 Å². The van der Waals surface area contributed by atoms with Crippen LogP contribution in [0.2, 0.25) is 0 Å². The molecule has 29 heavy (non-hydrogen) atoms. The topological polar surface area (TPSA) is 51.9 Å². The molecule has 4 aromatic rings. The van der Waals surface area contributed by atoms with Crippen molar-refractivity contribution in [3.8, 4) is 11.3 Å². The number of pyridine rings is 2. The molecule has 5 nitrogen and oxygen atoms in total. The molecule has 1 aliphatic carbocycles. The molecule has 0 saturated heterocycles. The van der Waals surface area contributed by atoms with Gasteiger partial charge in [0.05, 0.1) is 28.5 Å². The molecule has 5 heteroatoms. The van der Waals surface area contributed by atoms with Crippen LogP contribution in [0.3, 0.4) is 0 Å². The van der Waals surface area contributed by atoms with E-state index in [4.69, 9.17) is 0 Å². The Labute approximate surface area is 169 Å². The molecule has 0 radical (unpaired) electrons. The summed E-state index contributed by atoms with van der Waals surface area (Å²) < 4.78 is 4.03. The zero-order chi connectivity index (χ0) is 20.0. The standard InChI is InChI=1S/C24H24N4O/c1-3-28-15-21(22-9-6-10-27(22)2)23(29)20-13-19(14-25-24(20)28)26-18-11-16-7-4-5-8-17(16)12-18/h4-10,13-15,18,26H,3,11-12H2,1-2H3. The Balaban J connectivity index is 1.55. The van der Waals surface area contributed by atoms with Gasteiger partial charge < -0.3 is 14.5 Å². The zero-order valence-electron chi connectivity index (χ0n) is 16.7. The lowest BCUT2D eigenvalue weighted by Gasteiger charge is -2.16. The summed E-state index contributed by atoms with van der Waals surface area (Å²) in [5, 5.41) is 4.25. The second kappa shape index (κ2) is 6.92. The van der Waals surface area contributed by atoms with Crippen molar-refractivity contribution in [3.63, 3.8) is 0 Å². The maximum atomic E-state index is 13.3. The molecule has 0 unspecified atom stereocenters. The summed E-state index contributed by atoms with van der Waals surface area (Å²) in [4.78, 5) is 18.0. The van der Waals surface area contributed by atoms with Gasteiger partial charge in [-0.3, -0.25) is 4.79 Å². The van der Waals surface area contributed by atoms with Crippen molar-refractivity contribution >= 4 is 16.7 Å². The molecule has 5 rings (SSSR count). The fourth-order valence-electron chi connectivity index (χ4n) is 4.41. The van der Waals surface area contributed by atoms with E-state index in [1.807, 2.05) is 53.0 Å². The number of aromatic nitrogens is 3. The van der Waals surface area contributed by atoms with Gasteiger partial charge >= 0.3 is 0 Å². The van der Waals surface area contributed by atoms with Gasteiger partial charge in [0.2, 0.25) is 0 Å². The van der Waals surface area contributed by atoms with Crippen LogP contribution >= 0.6 is 0 Å². The largest absolute Gasteiger partial charge is 0.380 e. The van der Waals surface area contributed by atoms with Gasteiger partial charge in [0, 0.05) is 32.0 Å². The number of anilines is 1. The number of nitrogens with zero attached hydrogens (tertiary/aromatic N) is 3. The molecule has 0 aliphatic heterocycles. The first-order valence-corrected chi connectivity index (χ1v) is 10.1. The molecular weight excluding hydrogens is 360 g/mol. The normalized spacial score (nSPS) is 13.7. The predicted molar refractivity (Wildman–Crippen MR) is 117 cm³/mol. The van der Waals surface area contributed by atoms with Gasteiger partial charge in [-0.1, -0.05) is 24.3 Å². The summed E-state index contributed by atoms with van der Waals surface area (Å²) in [5.41, 5.74) is 6.09. The number of rotatable bonds is 4. The monoisotopic (exact) mass is 384 g/mol. The van der Waals surface area contributed by atoms with Crippen LogP contribution in [0.15, 0.2) is 65.8 Å². The van der Waals surface area contributed by atoms with E-state index in [9.17, 15) is 4.79 Å². The quantitative estimate of drug-likeness (QED) is 0.579. The van der Waals surface area contributed by atoms with E-state index >= 15 is 0 Å². The smallest absolute Gasteiger partial charge is 0.200 e. The Morgan fingerprint density at radius 3 is 2.55 bits per heavy atom. The summed E-state index contributed by atoms with van der Waals surface area (Å²) >= 11 is 0. The average Bonchev–Trinajstić information content (AvgIpc) is 3.34. The number of benzene rings is 1. The lowest BCUT2D eigenvalue weighted by atomic mass is 10.1. The summed E-state index contributed by atoms with van der Waals surface area (Å²) in [7, 11) is 1.96. The van der Waals surface area contributed by atoms with Gasteiger partial charge in [0.1, 0.15) is 5.65 Å². The second-order valence-electron chi connectivity index (χ2n) is 7.78. The highest BCUT2D eigenvalue weighted by Gasteiger charge is 2.21. The van der Waals surface area contributed by atoms with E-state index in [0.717, 1.165) is 36.4 Å². The first-order chi connectivity index (χ1) is 14.1. The Kier molecular flexibility index (Phi) is 4.23. The molecule has 0 saturated carbocycles. The zero-order valence-corrected chi connectivity index (χ0v) is 16.7. The molecule has 1 N–H and O–H groups in total. The average molecular weight is 384 g/mol. The highest BCUT2D eigenvalue weighted by molar-refractivity contribution is 5.83. The second-order valence-corrected chi connectivity index (χ2v) is 7.78. The summed E-state index contributed by atoms with van der Waals surface area (Å²) in [6, 6.07) is 14.8. The van der Waals surface area contributed by atoms with Crippen molar-refractivity contribution in [1.82, 2.24) is 14.1 Å². The van der Waals surface area contributed by atoms with E-state index in [1.54, 1.807) is 0 Å². The molecule has 3 aromatic heterocycles. The molecule has 146 valence electrons. The van der Waals surface area contributed by atoms with Crippen LogP contribution in [-0.2, 0) is 26.4 Å². The minimum atomic E-state index is 0.0253. The van der Waals surface area contributed by atoms with Crippen LogP contribution in [0.5, 0.6) is 0 Å². The third-order valence-corrected chi connectivity index (χ3v) is 5.90. The van der Waals surface area contributed by atoms with Crippen LogP contribution in [0.4, 0.5) is 5.69 Å². The number of nitrogens with one attached hydrogen (secondary N) is 1. The van der Waals surface area contributed by atoms with Gasteiger partial charge in [0.25, 0.3) is 0 Å². The van der Waals surface area contributed by atoms with E-state index in [2.05, 4.69) is 41.5 Å². The molecule has 0 bridgehead atoms. The van der Waals surface area contributed by atoms with Gasteiger partial charge in [-0.2, -0.15) is 0 Å². The van der Waals surface area contributed by atoms with Crippen molar-refractivity contribution in [2.45, 2.75) is 32.4 Å². The SMILES string of the molecule is CCn1cc(-c2cccn2C)c(=O)c2cc(NC3Cc4ccccc4C3)cnc21. The Hall–Kier alpha value is -3.34. The van der Waals surface area contributed by atoms with Crippen molar-refractivity contribution < 1.29 is 0 Å². The van der Waals surface area contributed by atoms with Gasteiger partial charge in [-0.15, -0.1) is 0 Å². The van der Waals surface area contributed by atoms with Gasteiger partial charge in [-0.05, 0) is 49.1 Å². The van der Waals surface area contributed by atoms with E-state index in [-0.39, 0.29) is 5.43 Å². The van der Waals surface area contributed by atoms with Crippen LogP contribution in [0.1, 0.15) is 18.1 Å². The molecule has 3 heterocycles. The third kappa shape index (κ3) is 3.03. The number of hydrogen-bond acceptors (Lipinski definition) is 3. The minimum Gasteiger partial charge on any atom is -0.380 e. The number of aryl methyl sites for hydroxylation is 2. The van der Waals surface area contributed by atoms with Crippen molar-refractivity contribution in [3.05, 3.63) is 82.4 Å². The van der Waals surface area contributed by atoms with Crippen LogP contribution in [-0.4, -0.2) is 20.2 Å². The molecular formula is C24H24N4O. The molecule has 0 fully saturated rings.